The number of carbonyl (C=O) groups is 1. The van der Waals surface area contributed by atoms with Gasteiger partial charge in [0.05, 0.1) is 6.04 Å². The molecule has 20 heavy (non-hydrogen) atoms. The number of amides is 1. The Bertz CT molecular complexity index is 436. The monoisotopic (exact) mass is 275 g/mol. The molecule has 0 unspecified atom stereocenters. The topological polar surface area (TPSA) is 35.6 Å². The molecule has 4 nitrogen and oxygen atoms in total. The van der Waals surface area contributed by atoms with Crippen LogP contribution in [0.3, 0.4) is 0 Å². The van der Waals surface area contributed by atoms with Crippen LogP contribution in [0.15, 0.2) is 24.3 Å². The smallest absolute Gasteiger partial charge is 0.239 e. The molecule has 1 atom stereocenters. The summed E-state index contributed by atoms with van der Waals surface area (Å²) in [7, 11) is 5.94. The van der Waals surface area contributed by atoms with E-state index in [9.17, 15) is 4.79 Å². The van der Waals surface area contributed by atoms with Crippen LogP contribution in [0.4, 0.5) is 5.69 Å². The van der Waals surface area contributed by atoms with Gasteiger partial charge in [-0.1, -0.05) is 18.6 Å². The van der Waals surface area contributed by atoms with Crippen LogP contribution in [-0.2, 0) is 11.3 Å². The van der Waals surface area contributed by atoms with E-state index in [2.05, 4.69) is 34.5 Å². The van der Waals surface area contributed by atoms with Crippen LogP contribution >= 0.6 is 0 Å². The third-order valence-electron chi connectivity index (χ3n) is 3.86. The number of benzene rings is 1. The lowest BCUT2D eigenvalue weighted by molar-refractivity contribution is -0.133. The highest BCUT2D eigenvalue weighted by atomic mass is 16.2. The summed E-state index contributed by atoms with van der Waals surface area (Å²) in [6, 6.07) is 8.37. The van der Waals surface area contributed by atoms with Crippen LogP contribution in [0.1, 0.15) is 24.8 Å². The maximum absolute atomic E-state index is 12.3. The number of carbonyl (C=O) groups excluding carboxylic acids is 1. The van der Waals surface area contributed by atoms with Crippen molar-refractivity contribution in [1.29, 1.82) is 0 Å². The van der Waals surface area contributed by atoms with E-state index < -0.39 is 0 Å². The van der Waals surface area contributed by atoms with Crippen molar-refractivity contribution in [2.24, 2.45) is 0 Å². The zero-order valence-electron chi connectivity index (χ0n) is 12.7. The quantitative estimate of drug-likeness (QED) is 0.911. The van der Waals surface area contributed by atoms with E-state index in [4.69, 9.17) is 0 Å². The lowest BCUT2D eigenvalue weighted by Crippen LogP contribution is -2.46. The molecule has 4 heteroatoms. The Morgan fingerprint density at radius 2 is 1.90 bits per heavy atom. The Balaban J connectivity index is 1.92. The summed E-state index contributed by atoms with van der Waals surface area (Å²) in [5, 5.41) is 3.31. The summed E-state index contributed by atoms with van der Waals surface area (Å²) in [5.74, 6) is 0.210. The Hall–Kier alpha value is -1.55. The van der Waals surface area contributed by atoms with Gasteiger partial charge in [0, 0.05) is 33.4 Å². The van der Waals surface area contributed by atoms with Gasteiger partial charge in [0.2, 0.25) is 5.91 Å². The number of likely N-dealkylation sites (N-methyl/N-ethyl adjacent to an activating group) is 1. The minimum Gasteiger partial charge on any atom is -0.378 e. The summed E-state index contributed by atoms with van der Waals surface area (Å²) < 4.78 is 0. The molecular formula is C16H25N3O. The standard InChI is InChI=1S/C16H25N3O/c1-18(2)14-9-7-13(8-10-14)12-19(3)16(20)15-6-4-5-11-17-15/h7-10,15,17H,4-6,11-12H2,1-3H3/t15-/m1/s1. The minimum absolute atomic E-state index is 0.00907. The lowest BCUT2D eigenvalue weighted by Gasteiger charge is -2.27. The maximum atomic E-state index is 12.3. The molecule has 0 aliphatic carbocycles. The third-order valence-corrected chi connectivity index (χ3v) is 3.86. The number of hydrogen-bond acceptors (Lipinski definition) is 3. The van der Waals surface area contributed by atoms with Crippen LogP contribution in [0.2, 0.25) is 0 Å². The number of nitrogens with zero attached hydrogens (tertiary/aromatic N) is 2. The average Bonchev–Trinajstić information content (AvgIpc) is 2.48. The number of piperidine rings is 1. The summed E-state index contributed by atoms with van der Waals surface area (Å²) >= 11 is 0. The molecule has 1 aliphatic rings. The molecule has 0 radical (unpaired) electrons. The summed E-state index contributed by atoms with van der Waals surface area (Å²) in [5.41, 5.74) is 2.35. The van der Waals surface area contributed by atoms with E-state index in [1.807, 2.05) is 26.0 Å². The van der Waals surface area contributed by atoms with Gasteiger partial charge in [-0.25, -0.2) is 0 Å². The molecule has 1 heterocycles. The van der Waals surface area contributed by atoms with E-state index in [0.717, 1.165) is 19.4 Å². The second-order valence-corrected chi connectivity index (χ2v) is 5.76. The Kier molecular flexibility index (Phi) is 5.01. The molecule has 1 N–H and O–H groups in total. The fraction of sp³-hybridized carbons (Fsp3) is 0.562. The van der Waals surface area contributed by atoms with Crippen molar-refractivity contribution in [2.75, 3.05) is 32.6 Å². The van der Waals surface area contributed by atoms with E-state index in [1.165, 1.54) is 17.7 Å². The SMILES string of the molecule is CN(Cc1ccc(N(C)C)cc1)C(=O)[C@H]1CCCCN1. The van der Waals surface area contributed by atoms with E-state index in [1.54, 1.807) is 0 Å². The van der Waals surface area contributed by atoms with Crippen LogP contribution < -0.4 is 10.2 Å². The van der Waals surface area contributed by atoms with Crippen molar-refractivity contribution in [3.8, 4) is 0 Å². The van der Waals surface area contributed by atoms with Gasteiger partial charge >= 0.3 is 0 Å². The summed E-state index contributed by atoms with van der Waals surface area (Å²) in [6.07, 6.45) is 3.29. The second-order valence-electron chi connectivity index (χ2n) is 5.76. The van der Waals surface area contributed by atoms with E-state index in [0.29, 0.717) is 6.54 Å². The van der Waals surface area contributed by atoms with Crippen molar-refractivity contribution >= 4 is 11.6 Å². The van der Waals surface area contributed by atoms with Gasteiger partial charge in [0.15, 0.2) is 0 Å². The Labute approximate surface area is 121 Å². The van der Waals surface area contributed by atoms with E-state index in [-0.39, 0.29) is 11.9 Å². The number of anilines is 1. The second kappa shape index (κ2) is 6.75. The molecule has 1 aliphatic heterocycles. The van der Waals surface area contributed by atoms with Crippen LogP contribution in [0, 0.1) is 0 Å². The number of rotatable bonds is 4. The minimum atomic E-state index is 0.00907. The highest BCUT2D eigenvalue weighted by molar-refractivity contribution is 5.81. The zero-order chi connectivity index (χ0) is 14.5. The molecule has 0 aromatic heterocycles. The number of hydrogen-bond donors (Lipinski definition) is 1. The molecular weight excluding hydrogens is 250 g/mol. The molecule has 1 saturated heterocycles. The Morgan fingerprint density at radius 3 is 2.45 bits per heavy atom. The van der Waals surface area contributed by atoms with Crippen LogP contribution in [-0.4, -0.2) is 44.5 Å². The highest BCUT2D eigenvalue weighted by Crippen LogP contribution is 2.15. The van der Waals surface area contributed by atoms with Crippen molar-refractivity contribution in [3.05, 3.63) is 29.8 Å². The van der Waals surface area contributed by atoms with Gasteiger partial charge < -0.3 is 15.1 Å². The van der Waals surface area contributed by atoms with Gasteiger partial charge in [-0.15, -0.1) is 0 Å². The molecule has 110 valence electrons. The van der Waals surface area contributed by atoms with Gasteiger partial charge in [-0.2, -0.15) is 0 Å². The fourth-order valence-electron chi connectivity index (χ4n) is 2.58. The van der Waals surface area contributed by atoms with Gasteiger partial charge in [0.25, 0.3) is 0 Å². The fourth-order valence-corrected chi connectivity index (χ4v) is 2.58. The third kappa shape index (κ3) is 3.73. The largest absolute Gasteiger partial charge is 0.378 e. The van der Waals surface area contributed by atoms with Crippen molar-refractivity contribution in [1.82, 2.24) is 10.2 Å². The average molecular weight is 275 g/mol. The van der Waals surface area contributed by atoms with Crippen molar-refractivity contribution in [3.63, 3.8) is 0 Å². The first kappa shape index (κ1) is 14.9. The summed E-state index contributed by atoms with van der Waals surface area (Å²) in [4.78, 5) is 16.2. The molecule has 1 aromatic rings. The predicted octanol–water partition coefficient (Wildman–Crippen LogP) is 1.85. The first-order valence-corrected chi connectivity index (χ1v) is 7.32. The zero-order valence-corrected chi connectivity index (χ0v) is 12.7. The number of nitrogens with one attached hydrogen (secondary N) is 1. The van der Waals surface area contributed by atoms with Crippen LogP contribution in [0.25, 0.3) is 0 Å². The molecule has 0 saturated carbocycles. The van der Waals surface area contributed by atoms with Gasteiger partial charge in [-0.3, -0.25) is 4.79 Å². The first-order chi connectivity index (χ1) is 9.58. The molecule has 1 aromatic carbocycles. The highest BCUT2D eigenvalue weighted by Gasteiger charge is 2.23. The summed E-state index contributed by atoms with van der Waals surface area (Å²) in [6.45, 7) is 1.63. The van der Waals surface area contributed by atoms with Crippen molar-refractivity contribution in [2.45, 2.75) is 31.8 Å². The molecule has 1 fully saturated rings. The normalized spacial score (nSPS) is 18.6. The van der Waals surface area contributed by atoms with Crippen molar-refractivity contribution < 1.29 is 4.79 Å². The lowest BCUT2D eigenvalue weighted by atomic mass is 10.0. The molecule has 1 amide bonds. The Morgan fingerprint density at radius 1 is 1.20 bits per heavy atom. The molecule has 2 rings (SSSR count). The molecule has 0 bridgehead atoms. The predicted molar refractivity (Wildman–Crippen MR) is 82.9 cm³/mol. The van der Waals surface area contributed by atoms with Crippen LogP contribution in [0.5, 0.6) is 0 Å². The first-order valence-electron chi connectivity index (χ1n) is 7.32. The van der Waals surface area contributed by atoms with E-state index >= 15 is 0 Å². The van der Waals surface area contributed by atoms with Gasteiger partial charge in [0.1, 0.15) is 0 Å². The maximum Gasteiger partial charge on any atom is 0.239 e. The van der Waals surface area contributed by atoms with Gasteiger partial charge in [-0.05, 0) is 37.1 Å². The molecule has 0 spiro atoms.